The summed E-state index contributed by atoms with van der Waals surface area (Å²) in [6.07, 6.45) is -0.309. The number of esters is 2. The molecule has 2 amide bonds. The van der Waals surface area contributed by atoms with Crippen LogP contribution in [0.25, 0.3) is 0 Å². The van der Waals surface area contributed by atoms with E-state index in [0.29, 0.717) is 6.42 Å². The van der Waals surface area contributed by atoms with Crippen molar-refractivity contribution in [1.82, 2.24) is 10.6 Å². The molecule has 0 aliphatic heterocycles. The Morgan fingerprint density at radius 3 is 1.43 bits per heavy atom. The molecule has 15 heteroatoms. The molecule has 0 radical (unpaired) electrons. The minimum Gasteiger partial charge on any atom is -0.463 e. The largest absolute Gasteiger partial charge is 0.463 e. The Labute approximate surface area is 274 Å². The SMILES string of the molecule is CC(C)C(=O)NC(CO)CO.CC(C)C(=O)NCC(O)CO.CC(C)OC(=O)CCC(O)CO.CCC(CO)CC(=O)OC(C)C. The van der Waals surface area contributed by atoms with Gasteiger partial charge in [0.2, 0.25) is 11.8 Å². The molecule has 0 aliphatic carbocycles. The molecule has 0 heterocycles. The van der Waals surface area contributed by atoms with E-state index in [1.54, 1.807) is 41.5 Å². The average molecular weight is 673 g/mol. The van der Waals surface area contributed by atoms with Gasteiger partial charge in [-0.05, 0) is 40.0 Å². The van der Waals surface area contributed by atoms with Crippen LogP contribution in [0.15, 0.2) is 0 Å². The lowest BCUT2D eigenvalue weighted by atomic mass is 10.0. The molecular formula is C31H64N2O13. The van der Waals surface area contributed by atoms with Gasteiger partial charge in [-0.3, -0.25) is 19.2 Å². The number of carbonyl (C=O) groups excluding carboxylic acids is 4. The van der Waals surface area contributed by atoms with Crippen LogP contribution in [0.5, 0.6) is 0 Å². The maximum atomic E-state index is 11.0. The van der Waals surface area contributed by atoms with Crippen molar-refractivity contribution in [3.63, 3.8) is 0 Å². The van der Waals surface area contributed by atoms with Crippen LogP contribution in [-0.4, -0.2) is 130 Å². The highest BCUT2D eigenvalue weighted by Crippen LogP contribution is 2.08. The second-order valence-electron chi connectivity index (χ2n) is 11.6. The van der Waals surface area contributed by atoms with Gasteiger partial charge in [-0.25, -0.2) is 0 Å². The normalized spacial score (nSPS) is 12.5. The molecule has 46 heavy (non-hydrogen) atoms. The van der Waals surface area contributed by atoms with Crippen LogP contribution in [0.4, 0.5) is 0 Å². The summed E-state index contributed by atoms with van der Waals surface area (Å²) < 4.78 is 9.75. The van der Waals surface area contributed by atoms with Crippen molar-refractivity contribution in [3.05, 3.63) is 0 Å². The number of hydrogen-bond donors (Lipinski definition) is 9. The van der Waals surface area contributed by atoms with Crippen molar-refractivity contribution in [2.45, 2.75) is 118 Å². The second kappa shape index (κ2) is 32.5. The van der Waals surface area contributed by atoms with Crippen LogP contribution >= 0.6 is 0 Å². The summed E-state index contributed by atoms with van der Waals surface area (Å²) in [5, 5.41) is 65.4. The molecule has 276 valence electrons. The van der Waals surface area contributed by atoms with E-state index < -0.39 is 18.2 Å². The number of nitrogens with one attached hydrogen (secondary N) is 2. The average Bonchev–Trinajstić information content (AvgIpc) is 2.99. The van der Waals surface area contributed by atoms with Crippen LogP contribution in [0.2, 0.25) is 0 Å². The third-order valence-electron chi connectivity index (χ3n) is 5.48. The molecule has 0 saturated heterocycles. The van der Waals surface area contributed by atoms with E-state index in [2.05, 4.69) is 10.6 Å². The Bertz CT molecular complexity index is 757. The lowest BCUT2D eigenvalue weighted by molar-refractivity contribution is -0.149. The zero-order valence-electron chi connectivity index (χ0n) is 29.3. The molecule has 3 atom stereocenters. The summed E-state index contributed by atoms with van der Waals surface area (Å²) in [6.45, 7) is 15.2. The summed E-state index contributed by atoms with van der Waals surface area (Å²) >= 11 is 0. The van der Waals surface area contributed by atoms with Crippen molar-refractivity contribution < 1.29 is 64.4 Å². The minimum atomic E-state index is -0.849. The summed E-state index contributed by atoms with van der Waals surface area (Å²) in [6, 6.07) is -0.523. The molecule has 15 nitrogen and oxygen atoms in total. The molecule has 0 aliphatic rings. The van der Waals surface area contributed by atoms with Crippen molar-refractivity contribution in [1.29, 1.82) is 0 Å². The van der Waals surface area contributed by atoms with Gasteiger partial charge in [0.05, 0.1) is 63.3 Å². The highest BCUT2D eigenvalue weighted by Gasteiger charge is 2.14. The number of carbonyl (C=O) groups is 4. The monoisotopic (exact) mass is 672 g/mol. The van der Waals surface area contributed by atoms with E-state index in [4.69, 9.17) is 45.2 Å². The third-order valence-corrected chi connectivity index (χ3v) is 5.48. The number of rotatable bonds is 18. The summed E-state index contributed by atoms with van der Waals surface area (Å²) in [4.78, 5) is 43.7. The lowest BCUT2D eigenvalue weighted by Crippen LogP contribution is -2.42. The Hall–Kier alpha value is -2.40. The number of aliphatic hydroxyl groups is 7. The molecule has 0 spiro atoms. The molecule has 0 aromatic rings. The van der Waals surface area contributed by atoms with Crippen molar-refractivity contribution >= 4 is 23.8 Å². The molecule has 0 bridgehead atoms. The van der Waals surface area contributed by atoms with E-state index in [0.717, 1.165) is 6.42 Å². The van der Waals surface area contributed by atoms with Gasteiger partial charge in [-0.15, -0.1) is 0 Å². The van der Waals surface area contributed by atoms with E-state index in [1.165, 1.54) is 0 Å². The fourth-order valence-corrected chi connectivity index (χ4v) is 2.59. The number of aliphatic hydroxyl groups excluding tert-OH is 7. The maximum absolute atomic E-state index is 11.0. The Morgan fingerprint density at radius 1 is 0.630 bits per heavy atom. The summed E-state index contributed by atoms with van der Waals surface area (Å²) in [5.74, 6) is -0.966. The van der Waals surface area contributed by atoms with Crippen LogP contribution in [0, 0.1) is 17.8 Å². The predicted octanol–water partition coefficient (Wildman–Crippen LogP) is -0.358. The lowest BCUT2D eigenvalue weighted by Gasteiger charge is -2.14. The third kappa shape index (κ3) is 36.1. The Morgan fingerprint density at radius 2 is 1.09 bits per heavy atom. The van der Waals surface area contributed by atoms with Crippen LogP contribution in [0.1, 0.15) is 88.0 Å². The quantitative estimate of drug-likeness (QED) is 0.0845. The highest BCUT2D eigenvalue weighted by atomic mass is 16.5. The van der Waals surface area contributed by atoms with Gasteiger partial charge >= 0.3 is 11.9 Å². The Balaban J connectivity index is -0.000000256. The number of ether oxygens (including phenoxy) is 2. The molecule has 0 aromatic heterocycles. The van der Waals surface area contributed by atoms with Gasteiger partial charge in [0.25, 0.3) is 0 Å². The number of hydrogen-bond acceptors (Lipinski definition) is 13. The standard InChI is InChI=1S/C9H18O3.C8H16O4.2C7H15NO3/c1-4-8(6-10)5-9(11)12-7(2)3;1-6(2)12-8(11)4-3-7(10)5-9;1-5(2)7(11)8-6(3-9)4-10;1-5(2)7(11)8-3-6(10)4-9/h7-8,10H,4-6H2,1-3H3;6-7,9-10H,3-5H2,1-2H3;2*5-6,9-10H,3-4H2,1-2H3,(H,8,11). The highest BCUT2D eigenvalue weighted by molar-refractivity contribution is 5.78. The molecular weight excluding hydrogens is 608 g/mol. The first-order valence-corrected chi connectivity index (χ1v) is 15.7. The predicted molar refractivity (Wildman–Crippen MR) is 172 cm³/mol. The fraction of sp³-hybridized carbons (Fsp3) is 0.871. The van der Waals surface area contributed by atoms with Gasteiger partial charge in [0, 0.05) is 31.4 Å². The van der Waals surface area contributed by atoms with E-state index in [-0.39, 0.29) is 106 Å². The van der Waals surface area contributed by atoms with Gasteiger partial charge in [0.1, 0.15) is 0 Å². The van der Waals surface area contributed by atoms with E-state index in [1.807, 2.05) is 20.8 Å². The van der Waals surface area contributed by atoms with Crippen molar-refractivity contribution in [3.8, 4) is 0 Å². The molecule has 0 rings (SSSR count). The van der Waals surface area contributed by atoms with E-state index in [9.17, 15) is 19.2 Å². The second-order valence-corrected chi connectivity index (χ2v) is 11.6. The summed E-state index contributed by atoms with van der Waals surface area (Å²) in [7, 11) is 0. The molecule has 9 N–H and O–H groups in total. The smallest absolute Gasteiger partial charge is 0.306 e. The van der Waals surface area contributed by atoms with E-state index >= 15 is 0 Å². The van der Waals surface area contributed by atoms with Gasteiger partial charge in [-0.1, -0.05) is 41.0 Å². The van der Waals surface area contributed by atoms with Crippen LogP contribution in [0.3, 0.4) is 0 Å². The minimum absolute atomic E-state index is 0.0521. The van der Waals surface area contributed by atoms with Crippen LogP contribution in [-0.2, 0) is 28.7 Å². The van der Waals surface area contributed by atoms with Gasteiger partial charge < -0.3 is 55.9 Å². The van der Waals surface area contributed by atoms with Gasteiger partial charge in [-0.2, -0.15) is 0 Å². The van der Waals surface area contributed by atoms with Crippen molar-refractivity contribution in [2.24, 2.45) is 17.8 Å². The topological polar surface area (TPSA) is 252 Å². The first-order valence-electron chi connectivity index (χ1n) is 15.7. The molecule has 0 saturated carbocycles. The van der Waals surface area contributed by atoms with Crippen molar-refractivity contribution in [2.75, 3.05) is 39.6 Å². The fourth-order valence-electron chi connectivity index (χ4n) is 2.59. The number of amides is 2. The Kier molecular flexibility index (Phi) is 35.7. The first-order chi connectivity index (χ1) is 21.3. The maximum Gasteiger partial charge on any atom is 0.306 e. The molecule has 0 aromatic carbocycles. The van der Waals surface area contributed by atoms with Crippen LogP contribution < -0.4 is 10.6 Å². The molecule has 3 unspecified atom stereocenters. The first kappa shape index (κ1) is 50.5. The zero-order valence-corrected chi connectivity index (χ0v) is 29.3. The zero-order chi connectivity index (χ0) is 36.8. The molecule has 0 fully saturated rings. The van der Waals surface area contributed by atoms with Gasteiger partial charge in [0.15, 0.2) is 0 Å². The summed E-state index contributed by atoms with van der Waals surface area (Å²) in [5.41, 5.74) is 0.